The van der Waals surface area contributed by atoms with Crippen molar-refractivity contribution in [2.75, 3.05) is 0 Å². The van der Waals surface area contributed by atoms with E-state index in [1.165, 1.54) is 12.3 Å². The van der Waals surface area contributed by atoms with Crippen molar-refractivity contribution < 1.29 is 27.2 Å². The number of alkyl halides is 3. The van der Waals surface area contributed by atoms with Crippen LogP contribution in [0.1, 0.15) is 73.3 Å². The van der Waals surface area contributed by atoms with Gasteiger partial charge in [-0.1, -0.05) is 12.8 Å². The highest BCUT2D eigenvalue weighted by Gasteiger charge is 2.47. The summed E-state index contributed by atoms with van der Waals surface area (Å²) < 4.78 is 45.0. The van der Waals surface area contributed by atoms with Gasteiger partial charge in [-0.15, -0.1) is 10.2 Å². The number of fused-ring (bicyclic) bond motifs is 1. The zero-order valence-corrected chi connectivity index (χ0v) is 17.2. The van der Waals surface area contributed by atoms with Crippen LogP contribution < -0.4 is 5.32 Å². The standard InChI is InChI=1S/C21H22F3N5O3/c22-16(23)18-28-27-17(32-18)11-8-12-14(25-9-11)10-29(19(12)30)15-5-2-1-4-13(15)26-20(31)21(24)6-3-7-21/h8-9,13,15-16H,1-7,10H2,(H,26,31)/t13-,15-/m1/s1. The van der Waals surface area contributed by atoms with Crippen LogP contribution in [0.15, 0.2) is 16.7 Å². The first-order valence-corrected chi connectivity index (χ1v) is 10.8. The van der Waals surface area contributed by atoms with Crippen LogP contribution in [0.2, 0.25) is 0 Å². The second kappa shape index (κ2) is 7.86. The lowest BCUT2D eigenvalue weighted by atomic mass is 9.80. The van der Waals surface area contributed by atoms with Crippen LogP contribution in [-0.2, 0) is 11.3 Å². The number of halogens is 3. The molecule has 8 nitrogen and oxygen atoms in total. The van der Waals surface area contributed by atoms with E-state index >= 15 is 0 Å². The number of aromatic nitrogens is 3. The fourth-order valence-corrected chi connectivity index (χ4v) is 4.68. The molecule has 11 heteroatoms. The van der Waals surface area contributed by atoms with Crippen molar-refractivity contribution in [1.29, 1.82) is 0 Å². The van der Waals surface area contributed by atoms with Crippen molar-refractivity contribution in [3.05, 3.63) is 29.4 Å². The lowest BCUT2D eigenvalue weighted by molar-refractivity contribution is -0.139. The lowest BCUT2D eigenvalue weighted by Gasteiger charge is -2.40. The topological polar surface area (TPSA) is 101 Å². The molecule has 2 fully saturated rings. The van der Waals surface area contributed by atoms with Crippen LogP contribution in [0.5, 0.6) is 0 Å². The molecular weight excluding hydrogens is 427 g/mol. The summed E-state index contributed by atoms with van der Waals surface area (Å²) >= 11 is 0. The summed E-state index contributed by atoms with van der Waals surface area (Å²) in [6, 6.07) is 0.913. The molecule has 32 heavy (non-hydrogen) atoms. The fraction of sp³-hybridized carbons (Fsp3) is 0.571. The van der Waals surface area contributed by atoms with E-state index in [1.807, 2.05) is 0 Å². The van der Waals surface area contributed by atoms with Gasteiger partial charge in [0.05, 0.1) is 29.4 Å². The second-order valence-corrected chi connectivity index (χ2v) is 8.65. The molecule has 0 unspecified atom stereocenters. The molecule has 0 radical (unpaired) electrons. The summed E-state index contributed by atoms with van der Waals surface area (Å²) in [7, 11) is 0. The van der Waals surface area contributed by atoms with Gasteiger partial charge in [0.2, 0.25) is 5.89 Å². The van der Waals surface area contributed by atoms with Crippen LogP contribution in [0, 0.1) is 0 Å². The Kier molecular flexibility index (Phi) is 5.13. The SMILES string of the molecule is O=C1c2cc(-c3nnc(C(F)F)o3)cnc2CN1[C@@H]1CCCC[C@H]1NC(=O)C1(F)CCC1. The lowest BCUT2D eigenvalue weighted by Crippen LogP contribution is -2.58. The van der Waals surface area contributed by atoms with E-state index in [-0.39, 0.29) is 48.8 Å². The molecule has 5 rings (SSSR count). The maximum atomic E-state index is 14.5. The average Bonchev–Trinajstić information content (AvgIpc) is 3.38. The molecule has 170 valence electrons. The summed E-state index contributed by atoms with van der Waals surface area (Å²) in [6.07, 6.45) is 2.84. The number of pyridine rings is 1. The fourth-order valence-electron chi connectivity index (χ4n) is 4.68. The average molecular weight is 449 g/mol. The minimum Gasteiger partial charge on any atom is -0.415 e. The van der Waals surface area contributed by atoms with Crippen molar-refractivity contribution >= 4 is 11.8 Å². The smallest absolute Gasteiger partial charge is 0.314 e. The molecule has 0 saturated heterocycles. The van der Waals surface area contributed by atoms with Gasteiger partial charge in [0.15, 0.2) is 5.67 Å². The monoisotopic (exact) mass is 449 g/mol. The molecule has 1 aliphatic heterocycles. The molecular formula is C21H22F3N5O3. The maximum Gasteiger partial charge on any atom is 0.314 e. The molecule has 2 amide bonds. The Morgan fingerprint density at radius 1 is 1.22 bits per heavy atom. The van der Waals surface area contributed by atoms with E-state index in [4.69, 9.17) is 4.42 Å². The van der Waals surface area contributed by atoms with Gasteiger partial charge in [0.1, 0.15) is 0 Å². The minimum atomic E-state index is -2.89. The Hall–Kier alpha value is -2.98. The summed E-state index contributed by atoms with van der Waals surface area (Å²) in [4.78, 5) is 31.6. The Morgan fingerprint density at radius 3 is 2.69 bits per heavy atom. The van der Waals surface area contributed by atoms with Crippen molar-refractivity contribution in [3.8, 4) is 11.5 Å². The third-order valence-electron chi connectivity index (χ3n) is 6.66. The Balaban J connectivity index is 1.35. The Morgan fingerprint density at radius 2 is 2.00 bits per heavy atom. The third kappa shape index (κ3) is 3.53. The van der Waals surface area contributed by atoms with Gasteiger partial charge in [-0.3, -0.25) is 14.6 Å². The zero-order chi connectivity index (χ0) is 22.5. The zero-order valence-electron chi connectivity index (χ0n) is 17.2. The highest BCUT2D eigenvalue weighted by Crippen LogP contribution is 2.37. The van der Waals surface area contributed by atoms with Gasteiger partial charge in [-0.2, -0.15) is 8.78 Å². The molecule has 2 aliphatic carbocycles. The molecule has 2 saturated carbocycles. The maximum absolute atomic E-state index is 14.5. The van der Waals surface area contributed by atoms with Crippen LogP contribution >= 0.6 is 0 Å². The van der Waals surface area contributed by atoms with E-state index in [0.29, 0.717) is 30.5 Å². The van der Waals surface area contributed by atoms with Gasteiger partial charge in [-0.05, 0) is 38.2 Å². The van der Waals surface area contributed by atoms with Crippen LogP contribution in [0.25, 0.3) is 11.5 Å². The van der Waals surface area contributed by atoms with E-state index in [2.05, 4.69) is 20.5 Å². The summed E-state index contributed by atoms with van der Waals surface area (Å²) in [5.74, 6) is -1.80. The predicted octanol–water partition coefficient (Wildman–Crippen LogP) is 3.34. The largest absolute Gasteiger partial charge is 0.415 e. The van der Waals surface area contributed by atoms with Crippen LogP contribution in [-0.4, -0.2) is 49.6 Å². The molecule has 0 spiro atoms. The van der Waals surface area contributed by atoms with E-state index in [1.54, 1.807) is 4.90 Å². The van der Waals surface area contributed by atoms with E-state index in [0.717, 1.165) is 12.8 Å². The number of carbonyl (C=O) groups excluding carboxylic acids is 2. The number of hydrogen-bond donors (Lipinski definition) is 1. The number of amides is 2. The Labute approximate surface area is 181 Å². The van der Waals surface area contributed by atoms with Crippen molar-refractivity contribution in [1.82, 2.24) is 25.4 Å². The van der Waals surface area contributed by atoms with Gasteiger partial charge in [0.25, 0.3) is 17.7 Å². The number of carbonyl (C=O) groups is 2. The first-order valence-electron chi connectivity index (χ1n) is 10.8. The van der Waals surface area contributed by atoms with Crippen molar-refractivity contribution in [2.24, 2.45) is 0 Å². The number of nitrogens with one attached hydrogen (secondary N) is 1. The molecule has 1 N–H and O–H groups in total. The minimum absolute atomic E-state index is 0.140. The normalized spacial score (nSPS) is 24.4. The van der Waals surface area contributed by atoms with E-state index in [9.17, 15) is 22.8 Å². The highest BCUT2D eigenvalue weighted by atomic mass is 19.3. The first-order chi connectivity index (χ1) is 15.4. The number of rotatable bonds is 5. The number of nitrogens with zero attached hydrogens (tertiary/aromatic N) is 4. The molecule has 2 atom stereocenters. The highest BCUT2D eigenvalue weighted by molar-refractivity contribution is 5.99. The Bertz CT molecular complexity index is 1060. The summed E-state index contributed by atoms with van der Waals surface area (Å²) in [5, 5.41) is 9.76. The first kappa shape index (κ1) is 20.9. The summed E-state index contributed by atoms with van der Waals surface area (Å²) in [6.45, 7) is 0.262. The van der Waals surface area contributed by atoms with Crippen molar-refractivity contribution in [3.63, 3.8) is 0 Å². The molecule has 2 aromatic rings. The summed E-state index contributed by atoms with van der Waals surface area (Å²) in [5.41, 5.74) is -0.645. The predicted molar refractivity (Wildman–Crippen MR) is 104 cm³/mol. The second-order valence-electron chi connectivity index (χ2n) is 8.65. The van der Waals surface area contributed by atoms with E-state index < -0.39 is 23.9 Å². The van der Waals surface area contributed by atoms with Gasteiger partial charge in [0, 0.05) is 12.2 Å². The van der Waals surface area contributed by atoms with Gasteiger partial charge >= 0.3 is 6.43 Å². The third-order valence-corrected chi connectivity index (χ3v) is 6.66. The molecule has 0 bridgehead atoms. The molecule has 0 aromatic carbocycles. The molecule has 2 aromatic heterocycles. The van der Waals surface area contributed by atoms with Crippen LogP contribution in [0.4, 0.5) is 13.2 Å². The number of hydrogen-bond acceptors (Lipinski definition) is 6. The van der Waals surface area contributed by atoms with Gasteiger partial charge < -0.3 is 14.6 Å². The quantitative estimate of drug-likeness (QED) is 0.751. The molecule has 3 aliphatic rings. The van der Waals surface area contributed by atoms with Crippen LogP contribution in [0.3, 0.4) is 0 Å². The van der Waals surface area contributed by atoms with Crippen molar-refractivity contribution in [2.45, 2.75) is 75.7 Å². The molecule has 3 heterocycles. The van der Waals surface area contributed by atoms with Gasteiger partial charge in [-0.25, -0.2) is 4.39 Å².